The first-order valence-electron chi connectivity index (χ1n) is 6.50. The second-order valence-corrected chi connectivity index (χ2v) is 4.48. The van der Waals surface area contributed by atoms with E-state index < -0.39 is 0 Å². The highest BCUT2D eigenvalue weighted by molar-refractivity contribution is 5.90. The van der Waals surface area contributed by atoms with E-state index in [1.54, 1.807) is 36.5 Å². The summed E-state index contributed by atoms with van der Waals surface area (Å²) in [6, 6.07) is 11.0. The monoisotopic (exact) mass is 298 g/mol. The van der Waals surface area contributed by atoms with Gasteiger partial charge in [0.1, 0.15) is 11.5 Å². The van der Waals surface area contributed by atoms with E-state index in [-0.39, 0.29) is 30.1 Å². The van der Waals surface area contributed by atoms with E-state index in [0.29, 0.717) is 11.3 Å². The van der Waals surface area contributed by atoms with Crippen molar-refractivity contribution in [2.45, 2.75) is 6.42 Å². The standard InChI is InChI=1S/C15H11FN4O2/c16-11-6-4-10(5-7-11)9-13(21)18-15-20-19-14(22-15)12-3-1-2-8-17-12/h1-8H,9H2,(H,18,20,21). The normalized spacial score (nSPS) is 10.4. The molecule has 2 aromatic heterocycles. The minimum Gasteiger partial charge on any atom is -0.401 e. The van der Waals surface area contributed by atoms with E-state index in [9.17, 15) is 9.18 Å². The first kappa shape index (κ1) is 13.9. The molecule has 0 unspecified atom stereocenters. The molecule has 0 spiro atoms. The second-order valence-electron chi connectivity index (χ2n) is 4.48. The van der Waals surface area contributed by atoms with Gasteiger partial charge in [-0.05, 0) is 29.8 Å². The van der Waals surface area contributed by atoms with Gasteiger partial charge in [-0.2, -0.15) is 0 Å². The lowest BCUT2D eigenvalue weighted by atomic mass is 10.1. The summed E-state index contributed by atoms with van der Waals surface area (Å²) in [5, 5.41) is 10.0. The van der Waals surface area contributed by atoms with Crippen LogP contribution < -0.4 is 5.32 Å². The van der Waals surface area contributed by atoms with Crippen molar-refractivity contribution in [2.24, 2.45) is 0 Å². The summed E-state index contributed by atoms with van der Waals surface area (Å²) in [7, 11) is 0. The van der Waals surface area contributed by atoms with Gasteiger partial charge < -0.3 is 4.42 Å². The predicted octanol–water partition coefficient (Wildman–Crippen LogP) is 2.45. The van der Waals surface area contributed by atoms with Gasteiger partial charge in [0, 0.05) is 6.20 Å². The van der Waals surface area contributed by atoms with Crippen LogP contribution in [0.3, 0.4) is 0 Å². The van der Waals surface area contributed by atoms with Crippen LogP contribution in [0.1, 0.15) is 5.56 Å². The van der Waals surface area contributed by atoms with Crippen LogP contribution in [0.25, 0.3) is 11.6 Å². The number of nitrogens with one attached hydrogen (secondary N) is 1. The summed E-state index contributed by atoms with van der Waals surface area (Å²) in [4.78, 5) is 15.9. The lowest BCUT2D eigenvalue weighted by molar-refractivity contribution is -0.115. The Labute approximate surface area is 125 Å². The van der Waals surface area contributed by atoms with Crippen LogP contribution >= 0.6 is 0 Å². The van der Waals surface area contributed by atoms with Crippen molar-refractivity contribution in [3.63, 3.8) is 0 Å². The number of pyridine rings is 1. The zero-order chi connectivity index (χ0) is 15.4. The molecule has 0 aliphatic rings. The number of aromatic nitrogens is 3. The summed E-state index contributed by atoms with van der Waals surface area (Å²) < 4.78 is 18.1. The molecular formula is C15H11FN4O2. The van der Waals surface area contributed by atoms with E-state index >= 15 is 0 Å². The molecule has 6 nitrogen and oxygen atoms in total. The molecular weight excluding hydrogens is 287 g/mol. The van der Waals surface area contributed by atoms with Crippen molar-refractivity contribution in [3.8, 4) is 11.6 Å². The number of hydrogen-bond acceptors (Lipinski definition) is 5. The summed E-state index contributed by atoms with van der Waals surface area (Å²) in [6.07, 6.45) is 1.69. The minimum atomic E-state index is -0.346. The number of benzene rings is 1. The number of amides is 1. The molecule has 0 saturated carbocycles. The van der Waals surface area contributed by atoms with Crippen LogP contribution in [0.2, 0.25) is 0 Å². The first-order chi connectivity index (χ1) is 10.7. The number of carbonyl (C=O) groups excluding carboxylic acids is 1. The molecule has 22 heavy (non-hydrogen) atoms. The molecule has 0 saturated heterocycles. The molecule has 0 aliphatic carbocycles. The molecule has 3 aromatic rings. The van der Waals surface area contributed by atoms with Crippen molar-refractivity contribution in [2.75, 3.05) is 5.32 Å². The molecule has 0 bridgehead atoms. The fraction of sp³-hybridized carbons (Fsp3) is 0.0667. The van der Waals surface area contributed by atoms with Crippen molar-refractivity contribution >= 4 is 11.9 Å². The summed E-state index contributed by atoms with van der Waals surface area (Å²) in [5.74, 6) is -0.457. The Bertz CT molecular complexity index is 772. The number of carbonyl (C=O) groups is 1. The Morgan fingerprint density at radius 2 is 1.95 bits per heavy atom. The highest BCUT2D eigenvalue weighted by Crippen LogP contribution is 2.17. The maximum Gasteiger partial charge on any atom is 0.322 e. The number of anilines is 1. The van der Waals surface area contributed by atoms with Gasteiger partial charge in [0.15, 0.2) is 0 Å². The van der Waals surface area contributed by atoms with E-state index in [2.05, 4.69) is 20.5 Å². The van der Waals surface area contributed by atoms with Crippen LogP contribution in [0.15, 0.2) is 53.1 Å². The van der Waals surface area contributed by atoms with Gasteiger partial charge >= 0.3 is 6.01 Å². The Hall–Kier alpha value is -3.09. The topological polar surface area (TPSA) is 80.9 Å². The maximum atomic E-state index is 12.8. The smallest absolute Gasteiger partial charge is 0.322 e. The van der Waals surface area contributed by atoms with E-state index in [1.165, 1.54) is 12.1 Å². The van der Waals surface area contributed by atoms with Crippen LogP contribution in [-0.2, 0) is 11.2 Å². The SMILES string of the molecule is O=C(Cc1ccc(F)cc1)Nc1nnc(-c2ccccn2)o1. The maximum absolute atomic E-state index is 12.8. The Morgan fingerprint density at radius 3 is 2.68 bits per heavy atom. The molecule has 1 N–H and O–H groups in total. The molecule has 7 heteroatoms. The zero-order valence-corrected chi connectivity index (χ0v) is 11.4. The van der Waals surface area contributed by atoms with Gasteiger partial charge in [-0.15, -0.1) is 5.10 Å². The fourth-order valence-corrected chi connectivity index (χ4v) is 1.82. The van der Waals surface area contributed by atoms with Gasteiger partial charge in [-0.1, -0.05) is 23.3 Å². The molecule has 0 aliphatic heterocycles. The van der Waals surface area contributed by atoms with Crippen LogP contribution in [0.5, 0.6) is 0 Å². The van der Waals surface area contributed by atoms with Gasteiger partial charge in [-0.3, -0.25) is 15.1 Å². The molecule has 1 aromatic carbocycles. The highest BCUT2D eigenvalue weighted by atomic mass is 19.1. The number of rotatable bonds is 4. The Kier molecular flexibility index (Phi) is 3.86. The third kappa shape index (κ3) is 3.32. The lowest BCUT2D eigenvalue weighted by Gasteiger charge is -2.00. The van der Waals surface area contributed by atoms with Gasteiger partial charge in [-0.25, -0.2) is 4.39 Å². The first-order valence-corrected chi connectivity index (χ1v) is 6.50. The third-order valence-electron chi connectivity index (χ3n) is 2.83. The second kappa shape index (κ2) is 6.13. The molecule has 0 atom stereocenters. The Balaban J connectivity index is 1.65. The van der Waals surface area contributed by atoms with Gasteiger partial charge in [0.25, 0.3) is 5.89 Å². The molecule has 0 radical (unpaired) electrons. The fourth-order valence-electron chi connectivity index (χ4n) is 1.82. The van der Waals surface area contributed by atoms with Gasteiger partial charge in [0.05, 0.1) is 6.42 Å². The summed E-state index contributed by atoms with van der Waals surface area (Å²) in [5.41, 5.74) is 1.21. The summed E-state index contributed by atoms with van der Waals surface area (Å²) >= 11 is 0. The average molecular weight is 298 g/mol. The van der Waals surface area contributed by atoms with Crippen molar-refractivity contribution in [1.82, 2.24) is 15.2 Å². The number of nitrogens with zero attached hydrogens (tertiary/aromatic N) is 3. The molecule has 1 amide bonds. The largest absolute Gasteiger partial charge is 0.401 e. The minimum absolute atomic E-state index is 0.00670. The van der Waals surface area contributed by atoms with E-state index in [4.69, 9.17) is 4.42 Å². The van der Waals surface area contributed by atoms with Crippen LogP contribution in [0.4, 0.5) is 10.4 Å². The van der Waals surface area contributed by atoms with E-state index in [1.807, 2.05) is 0 Å². The number of halogens is 1. The molecule has 2 heterocycles. The highest BCUT2D eigenvalue weighted by Gasteiger charge is 2.12. The van der Waals surface area contributed by atoms with Crippen molar-refractivity contribution in [1.29, 1.82) is 0 Å². The summed E-state index contributed by atoms with van der Waals surface area (Å²) in [6.45, 7) is 0. The third-order valence-corrected chi connectivity index (χ3v) is 2.83. The van der Waals surface area contributed by atoms with Crippen LogP contribution in [0, 0.1) is 5.82 Å². The molecule has 110 valence electrons. The lowest BCUT2D eigenvalue weighted by Crippen LogP contribution is -2.14. The predicted molar refractivity (Wildman–Crippen MR) is 76.3 cm³/mol. The molecule has 0 fully saturated rings. The van der Waals surface area contributed by atoms with E-state index in [0.717, 1.165) is 0 Å². The molecule has 3 rings (SSSR count). The number of hydrogen-bond donors (Lipinski definition) is 1. The average Bonchev–Trinajstić information content (AvgIpc) is 2.99. The quantitative estimate of drug-likeness (QED) is 0.800. The Morgan fingerprint density at radius 1 is 1.14 bits per heavy atom. The zero-order valence-electron chi connectivity index (χ0n) is 11.4. The van der Waals surface area contributed by atoms with Crippen LogP contribution in [-0.4, -0.2) is 21.1 Å². The van der Waals surface area contributed by atoms with Gasteiger partial charge in [0.2, 0.25) is 5.91 Å². The van der Waals surface area contributed by atoms with Crippen molar-refractivity contribution < 1.29 is 13.6 Å². The van der Waals surface area contributed by atoms with Crippen molar-refractivity contribution in [3.05, 3.63) is 60.0 Å².